The second-order valence-corrected chi connectivity index (χ2v) is 14.3. The summed E-state index contributed by atoms with van der Waals surface area (Å²) in [4.78, 5) is 41.7. The molecule has 2 amide bonds. The van der Waals surface area contributed by atoms with Crippen LogP contribution >= 0.6 is 0 Å². The van der Waals surface area contributed by atoms with Gasteiger partial charge in [0.2, 0.25) is 0 Å². The Kier molecular flexibility index (Phi) is 8.53. The molecule has 1 aromatic carbocycles. The van der Waals surface area contributed by atoms with Crippen LogP contribution in [0.2, 0.25) is 0 Å². The first kappa shape index (κ1) is 32.6. The minimum Gasteiger partial charge on any atom is -0.489 e. The number of hydrogen-bond donors (Lipinski definition) is 1. The number of aromatic nitrogens is 6. The van der Waals surface area contributed by atoms with Gasteiger partial charge in [-0.05, 0) is 64.7 Å². The number of carbonyl (C=O) groups excluding carboxylic acids is 2. The highest BCUT2D eigenvalue weighted by Gasteiger charge is 2.31. The maximum absolute atomic E-state index is 14.0. The molecule has 12 nitrogen and oxygen atoms in total. The van der Waals surface area contributed by atoms with E-state index in [9.17, 15) is 14.0 Å². The van der Waals surface area contributed by atoms with E-state index in [1.54, 1.807) is 44.3 Å². The lowest BCUT2D eigenvalue weighted by molar-refractivity contribution is 0.0465. The minimum atomic E-state index is -0.894. The fraction of sp³-hybridized carbons (Fsp3) is 0.472. The number of fused-ring (bicyclic) bond motifs is 3. The molecule has 49 heavy (non-hydrogen) atoms. The SMILES string of the molecule is C[C@@H](COc1cccc2cc(-c3nc4cc5c(nc4n3C)CCN(C[C@@H](CF)NC(=O)OC(C)(C)C)C5=O)n(CC3CC3)c12)n1ccnc1. The zero-order valence-corrected chi connectivity index (χ0v) is 28.6. The van der Waals surface area contributed by atoms with Crippen LogP contribution in [0.15, 0.2) is 49.1 Å². The van der Waals surface area contributed by atoms with E-state index in [4.69, 9.17) is 19.4 Å². The number of nitrogens with zero attached hydrogens (tertiary/aromatic N) is 7. The van der Waals surface area contributed by atoms with Crippen molar-refractivity contribution < 1.29 is 23.5 Å². The van der Waals surface area contributed by atoms with Crippen LogP contribution < -0.4 is 10.1 Å². The van der Waals surface area contributed by atoms with Gasteiger partial charge >= 0.3 is 6.09 Å². The van der Waals surface area contributed by atoms with Gasteiger partial charge in [-0.25, -0.2) is 24.1 Å². The number of alkyl carbamates (subject to hydrolysis) is 1. The predicted octanol–water partition coefficient (Wildman–Crippen LogP) is 5.70. The lowest BCUT2D eigenvalue weighted by Crippen LogP contribution is -2.50. The van der Waals surface area contributed by atoms with Crippen molar-refractivity contribution >= 4 is 34.1 Å². The van der Waals surface area contributed by atoms with Crippen molar-refractivity contribution in [3.63, 3.8) is 0 Å². The number of halogens is 1. The van der Waals surface area contributed by atoms with Crippen LogP contribution in [0.4, 0.5) is 9.18 Å². The number of aryl methyl sites for hydroxylation is 1. The molecule has 4 aromatic heterocycles. The van der Waals surface area contributed by atoms with E-state index in [1.165, 1.54) is 12.8 Å². The normalized spacial score (nSPS) is 16.2. The van der Waals surface area contributed by atoms with E-state index in [1.807, 2.05) is 34.5 Å². The Morgan fingerprint density at radius 3 is 2.71 bits per heavy atom. The third-order valence-electron chi connectivity index (χ3n) is 9.17. The third-order valence-corrected chi connectivity index (χ3v) is 9.17. The molecule has 0 saturated heterocycles. The van der Waals surface area contributed by atoms with Crippen molar-refractivity contribution in [3.8, 4) is 17.3 Å². The Balaban J connectivity index is 1.18. The molecule has 1 saturated carbocycles. The number of imidazole rings is 2. The van der Waals surface area contributed by atoms with Gasteiger partial charge in [-0.15, -0.1) is 0 Å². The molecular formula is C36H43FN8O4. The van der Waals surface area contributed by atoms with Crippen LogP contribution in [0.1, 0.15) is 62.6 Å². The topological polar surface area (TPSA) is 121 Å². The smallest absolute Gasteiger partial charge is 0.408 e. The fourth-order valence-electron chi connectivity index (χ4n) is 6.48. The summed E-state index contributed by atoms with van der Waals surface area (Å²) in [6, 6.07) is 9.31. The van der Waals surface area contributed by atoms with Gasteiger partial charge in [0.1, 0.15) is 30.1 Å². The van der Waals surface area contributed by atoms with Gasteiger partial charge < -0.3 is 33.4 Å². The number of benzene rings is 1. The number of para-hydroxylation sites is 1. The van der Waals surface area contributed by atoms with Crippen LogP contribution in [-0.2, 0) is 24.8 Å². The molecule has 1 N–H and O–H groups in total. The molecule has 0 radical (unpaired) electrons. The van der Waals surface area contributed by atoms with Crippen LogP contribution in [0.5, 0.6) is 5.75 Å². The maximum Gasteiger partial charge on any atom is 0.408 e. The molecule has 1 fully saturated rings. The number of rotatable bonds is 11. The number of carbonyl (C=O) groups is 2. The molecule has 7 rings (SSSR count). The second kappa shape index (κ2) is 12.8. The quantitative estimate of drug-likeness (QED) is 0.192. The molecular weight excluding hydrogens is 627 g/mol. The summed E-state index contributed by atoms with van der Waals surface area (Å²) in [6.45, 7) is 8.22. The van der Waals surface area contributed by atoms with Crippen molar-refractivity contribution in [1.82, 2.24) is 38.9 Å². The summed E-state index contributed by atoms with van der Waals surface area (Å²) in [7, 11) is 1.96. The van der Waals surface area contributed by atoms with Crippen molar-refractivity contribution in [1.29, 1.82) is 0 Å². The van der Waals surface area contributed by atoms with Crippen LogP contribution in [-0.4, -0.2) is 83.6 Å². The van der Waals surface area contributed by atoms with Crippen LogP contribution in [0.3, 0.4) is 0 Å². The number of amides is 2. The average molecular weight is 671 g/mol. The molecule has 1 aliphatic heterocycles. The molecule has 2 aliphatic rings. The van der Waals surface area contributed by atoms with Gasteiger partial charge in [-0.1, -0.05) is 12.1 Å². The van der Waals surface area contributed by atoms with E-state index >= 15 is 0 Å². The molecule has 5 heterocycles. The first-order chi connectivity index (χ1) is 23.5. The average Bonchev–Trinajstić information content (AvgIpc) is 3.42. The van der Waals surface area contributed by atoms with Gasteiger partial charge in [0.15, 0.2) is 11.5 Å². The Morgan fingerprint density at radius 1 is 1.18 bits per heavy atom. The Morgan fingerprint density at radius 2 is 2.00 bits per heavy atom. The van der Waals surface area contributed by atoms with Crippen molar-refractivity contribution in [2.24, 2.45) is 13.0 Å². The molecule has 258 valence electrons. The molecule has 2 atom stereocenters. The summed E-state index contributed by atoms with van der Waals surface area (Å²) in [5.41, 5.74) is 3.71. The standard InChI is InChI=1S/C36H43FN8O4/c1-22(44-14-12-38-21-44)20-48-30-8-6-7-24-15-29(45(31(24)30)18-23-9-10-23)33-41-28-16-26-27(40-32(28)42(33)5)11-13-43(34(26)46)19-25(17-37)39-35(47)49-36(2,3)4/h6-8,12,14-16,21-23,25H,9-11,13,17-20H2,1-5H3,(H,39,47)/t22-,25+/m0/s1. The highest BCUT2D eigenvalue weighted by atomic mass is 19.1. The number of hydrogen-bond acceptors (Lipinski definition) is 7. The van der Waals surface area contributed by atoms with Gasteiger partial charge in [-0.2, -0.15) is 0 Å². The zero-order valence-electron chi connectivity index (χ0n) is 28.6. The number of pyridine rings is 1. The first-order valence-corrected chi connectivity index (χ1v) is 16.9. The van der Waals surface area contributed by atoms with E-state index < -0.39 is 24.4 Å². The summed E-state index contributed by atoms with van der Waals surface area (Å²) in [5.74, 6) is 1.90. The fourth-order valence-corrected chi connectivity index (χ4v) is 6.48. The van der Waals surface area contributed by atoms with Gasteiger partial charge in [0.25, 0.3) is 5.91 Å². The van der Waals surface area contributed by atoms with Gasteiger partial charge in [-0.3, -0.25) is 4.79 Å². The molecule has 0 unspecified atom stereocenters. The molecule has 1 aliphatic carbocycles. The van der Waals surface area contributed by atoms with Crippen LogP contribution in [0, 0.1) is 5.92 Å². The number of alkyl halides is 1. The van der Waals surface area contributed by atoms with E-state index in [-0.39, 0.29) is 18.5 Å². The zero-order chi connectivity index (χ0) is 34.4. The Labute approximate surface area is 284 Å². The molecule has 0 bridgehead atoms. The van der Waals surface area contributed by atoms with E-state index in [2.05, 4.69) is 33.9 Å². The van der Waals surface area contributed by atoms with Crippen molar-refractivity contribution in [2.45, 2.75) is 71.2 Å². The number of nitrogens with one attached hydrogen (secondary N) is 1. The monoisotopic (exact) mass is 670 g/mol. The van der Waals surface area contributed by atoms with Crippen molar-refractivity contribution in [2.75, 3.05) is 26.4 Å². The van der Waals surface area contributed by atoms with Crippen LogP contribution in [0.25, 0.3) is 33.6 Å². The van der Waals surface area contributed by atoms with Crippen molar-refractivity contribution in [3.05, 3.63) is 60.3 Å². The minimum absolute atomic E-state index is 0.0201. The summed E-state index contributed by atoms with van der Waals surface area (Å²) in [5, 5.41) is 3.62. The summed E-state index contributed by atoms with van der Waals surface area (Å²) in [6.07, 6.45) is 7.67. The lowest BCUT2D eigenvalue weighted by atomic mass is 10.0. The number of ether oxygens (including phenoxy) is 2. The summed E-state index contributed by atoms with van der Waals surface area (Å²) >= 11 is 0. The van der Waals surface area contributed by atoms with E-state index in [0.717, 1.165) is 34.7 Å². The van der Waals surface area contributed by atoms with Gasteiger partial charge in [0.05, 0.1) is 40.9 Å². The Hall–Kier alpha value is -4.94. The summed E-state index contributed by atoms with van der Waals surface area (Å²) < 4.78 is 32.0. The molecule has 5 aromatic rings. The Bertz CT molecular complexity index is 2010. The highest BCUT2D eigenvalue weighted by Crippen LogP contribution is 2.39. The first-order valence-electron chi connectivity index (χ1n) is 16.9. The predicted molar refractivity (Wildman–Crippen MR) is 183 cm³/mol. The molecule has 0 spiro atoms. The third kappa shape index (κ3) is 6.70. The largest absolute Gasteiger partial charge is 0.489 e. The lowest BCUT2D eigenvalue weighted by Gasteiger charge is -2.31. The highest BCUT2D eigenvalue weighted by molar-refractivity contribution is 5.99. The maximum atomic E-state index is 14.0. The molecule has 13 heteroatoms. The van der Waals surface area contributed by atoms with E-state index in [0.29, 0.717) is 47.9 Å². The van der Waals surface area contributed by atoms with Gasteiger partial charge in [0, 0.05) is 50.9 Å². The second-order valence-electron chi connectivity index (χ2n) is 14.3.